The third-order valence-corrected chi connectivity index (χ3v) is 4.99. The largest absolute Gasteiger partial charge is 0.449 e. The topological polar surface area (TPSA) is 41.6 Å². The second-order valence-electron chi connectivity index (χ2n) is 6.84. The number of rotatable bonds is 5. The highest BCUT2D eigenvalue weighted by molar-refractivity contribution is 5.91. The van der Waals surface area contributed by atoms with E-state index < -0.39 is 6.09 Å². The third kappa shape index (κ3) is 4.41. The minimum absolute atomic E-state index is 0.240. The lowest BCUT2D eigenvalue weighted by Crippen LogP contribution is -2.27. The van der Waals surface area contributed by atoms with E-state index in [0.717, 1.165) is 30.5 Å². The molecule has 5 heteroatoms. The SMILES string of the molecule is Cc1cc(-c2ccccc2NC(=O)OCCC2CCCN2C)ccc1F. The number of nitrogens with one attached hydrogen (secondary N) is 1. The Bertz CT molecular complexity index is 778. The van der Waals surface area contributed by atoms with Crippen LogP contribution in [0.3, 0.4) is 0 Å². The average molecular weight is 356 g/mol. The molecule has 1 heterocycles. The van der Waals surface area contributed by atoms with Gasteiger partial charge in [-0.15, -0.1) is 0 Å². The molecule has 1 unspecified atom stereocenters. The zero-order valence-corrected chi connectivity index (χ0v) is 15.3. The Morgan fingerprint density at radius 1 is 1.31 bits per heavy atom. The second kappa shape index (κ2) is 8.32. The van der Waals surface area contributed by atoms with Crippen LogP contribution in [0.15, 0.2) is 42.5 Å². The Morgan fingerprint density at radius 3 is 2.85 bits per heavy atom. The van der Waals surface area contributed by atoms with Gasteiger partial charge in [-0.25, -0.2) is 9.18 Å². The number of benzene rings is 2. The van der Waals surface area contributed by atoms with Gasteiger partial charge in [-0.1, -0.05) is 24.3 Å². The molecule has 1 amide bonds. The molecule has 0 aromatic heterocycles. The van der Waals surface area contributed by atoms with Crippen LogP contribution in [0.2, 0.25) is 0 Å². The summed E-state index contributed by atoms with van der Waals surface area (Å²) in [6.45, 7) is 3.24. The summed E-state index contributed by atoms with van der Waals surface area (Å²) in [5.74, 6) is -0.240. The van der Waals surface area contributed by atoms with Gasteiger partial charge in [0.25, 0.3) is 0 Å². The Labute approximate surface area is 154 Å². The average Bonchev–Trinajstić information content (AvgIpc) is 3.03. The number of likely N-dealkylation sites (tertiary alicyclic amines) is 1. The molecule has 1 saturated heterocycles. The van der Waals surface area contributed by atoms with Crippen LogP contribution in [-0.4, -0.2) is 37.2 Å². The van der Waals surface area contributed by atoms with Crippen molar-refractivity contribution < 1.29 is 13.9 Å². The zero-order valence-electron chi connectivity index (χ0n) is 15.3. The van der Waals surface area contributed by atoms with Crippen LogP contribution in [-0.2, 0) is 4.74 Å². The van der Waals surface area contributed by atoms with E-state index in [9.17, 15) is 9.18 Å². The number of carbonyl (C=O) groups is 1. The Balaban J connectivity index is 1.62. The van der Waals surface area contributed by atoms with Crippen LogP contribution >= 0.6 is 0 Å². The zero-order chi connectivity index (χ0) is 18.5. The molecule has 0 saturated carbocycles. The van der Waals surface area contributed by atoms with Crippen LogP contribution in [0.1, 0.15) is 24.8 Å². The molecule has 1 N–H and O–H groups in total. The van der Waals surface area contributed by atoms with E-state index in [2.05, 4.69) is 17.3 Å². The minimum atomic E-state index is -0.461. The van der Waals surface area contributed by atoms with E-state index >= 15 is 0 Å². The number of amides is 1. The van der Waals surface area contributed by atoms with E-state index in [-0.39, 0.29) is 5.82 Å². The molecule has 1 aliphatic heterocycles. The fraction of sp³-hybridized carbons (Fsp3) is 0.381. The quantitative estimate of drug-likeness (QED) is 0.834. The molecular formula is C21H25FN2O2. The highest BCUT2D eigenvalue weighted by atomic mass is 19.1. The summed E-state index contributed by atoms with van der Waals surface area (Å²) in [5.41, 5.74) is 2.91. The second-order valence-corrected chi connectivity index (χ2v) is 6.84. The first kappa shape index (κ1) is 18.4. The molecule has 0 aliphatic carbocycles. The van der Waals surface area contributed by atoms with Gasteiger partial charge in [0, 0.05) is 11.6 Å². The molecular weight excluding hydrogens is 331 g/mol. The lowest BCUT2D eigenvalue weighted by atomic mass is 10.0. The first-order chi connectivity index (χ1) is 12.5. The molecule has 0 radical (unpaired) electrons. The molecule has 3 rings (SSSR count). The van der Waals surface area contributed by atoms with Gasteiger partial charge in [-0.2, -0.15) is 0 Å². The predicted molar refractivity (Wildman–Crippen MR) is 102 cm³/mol. The molecule has 0 bridgehead atoms. The Morgan fingerprint density at radius 2 is 2.12 bits per heavy atom. The molecule has 1 aliphatic rings. The number of aryl methyl sites for hydroxylation is 1. The third-order valence-electron chi connectivity index (χ3n) is 4.99. The predicted octanol–water partition coefficient (Wildman–Crippen LogP) is 4.83. The van der Waals surface area contributed by atoms with Crippen LogP contribution in [0.25, 0.3) is 11.1 Å². The van der Waals surface area contributed by atoms with E-state index in [1.165, 1.54) is 12.5 Å². The molecule has 0 spiro atoms. The standard InChI is InChI=1S/C21H25FN2O2/c1-15-14-16(9-10-19(15)22)18-7-3-4-8-20(18)23-21(25)26-13-11-17-6-5-12-24(17)2/h3-4,7-10,14,17H,5-6,11-13H2,1-2H3,(H,23,25). The van der Waals surface area contributed by atoms with E-state index in [0.29, 0.717) is 23.9 Å². The van der Waals surface area contributed by atoms with Crippen molar-refractivity contribution in [3.63, 3.8) is 0 Å². The summed E-state index contributed by atoms with van der Waals surface area (Å²) in [4.78, 5) is 14.5. The molecule has 138 valence electrons. The van der Waals surface area contributed by atoms with E-state index in [1.54, 1.807) is 19.1 Å². The summed E-state index contributed by atoms with van der Waals surface area (Å²) < 4.78 is 18.9. The van der Waals surface area contributed by atoms with Crippen molar-refractivity contribution in [3.8, 4) is 11.1 Å². The summed E-state index contributed by atoms with van der Waals surface area (Å²) in [5, 5.41) is 2.81. The number of para-hydroxylation sites is 1. The van der Waals surface area contributed by atoms with Crippen LogP contribution in [0.5, 0.6) is 0 Å². The Kier molecular flexibility index (Phi) is 5.89. The fourth-order valence-electron chi connectivity index (χ4n) is 3.43. The van der Waals surface area contributed by atoms with Crippen molar-refractivity contribution in [1.82, 2.24) is 4.90 Å². The van der Waals surface area contributed by atoms with Crippen LogP contribution in [0.4, 0.5) is 14.9 Å². The number of hydrogen-bond donors (Lipinski definition) is 1. The van der Waals surface area contributed by atoms with Gasteiger partial charge in [0.05, 0.1) is 12.3 Å². The molecule has 1 atom stereocenters. The number of hydrogen-bond acceptors (Lipinski definition) is 3. The highest BCUT2D eigenvalue weighted by Crippen LogP contribution is 2.29. The summed E-state index contributed by atoms with van der Waals surface area (Å²) in [6, 6.07) is 12.9. The maximum absolute atomic E-state index is 13.5. The van der Waals surface area contributed by atoms with Crippen molar-refractivity contribution in [2.24, 2.45) is 0 Å². The van der Waals surface area contributed by atoms with Gasteiger partial charge in [-0.05, 0) is 69.1 Å². The normalized spacial score (nSPS) is 17.3. The van der Waals surface area contributed by atoms with Crippen molar-refractivity contribution in [2.45, 2.75) is 32.2 Å². The maximum Gasteiger partial charge on any atom is 0.411 e. The fourth-order valence-corrected chi connectivity index (χ4v) is 3.43. The minimum Gasteiger partial charge on any atom is -0.449 e. The van der Waals surface area contributed by atoms with E-state index in [4.69, 9.17) is 4.74 Å². The smallest absolute Gasteiger partial charge is 0.411 e. The van der Waals surface area contributed by atoms with Gasteiger partial charge in [-0.3, -0.25) is 5.32 Å². The lowest BCUT2D eigenvalue weighted by Gasteiger charge is -2.19. The lowest BCUT2D eigenvalue weighted by molar-refractivity contribution is 0.147. The summed E-state index contributed by atoms with van der Waals surface area (Å²) >= 11 is 0. The molecule has 26 heavy (non-hydrogen) atoms. The first-order valence-electron chi connectivity index (χ1n) is 9.04. The van der Waals surface area contributed by atoms with Crippen molar-refractivity contribution >= 4 is 11.8 Å². The number of anilines is 1. The van der Waals surface area contributed by atoms with Crippen molar-refractivity contribution in [3.05, 3.63) is 53.8 Å². The number of ether oxygens (including phenoxy) is 1. The number of carbonyl (C=O) groups excluding carboxylic acids is 1. The molecule has 2 aromatic carbocycles. The maximum atomic E-state index is 13.5. The van der Waals surface area contributed by atoms with Gasteiger partial charge in [0.1, 0.15) is 5.82 Å². The number of nitrogens with zero attached hydrogens (tertiary/aromatic N) is 1. The van der Waals surface area contributed by atoms with E-state index in [1.807, 2.05) is 24.3 Å². The monoisotopic (exact) mass is 356 g/mol. The Hall–Kier alpha value is -2.40. The summed E-state index contributed by atoms with van der Waals surface area (Å²) in [6.07, 6.45) is 2.76. The summed E-state index contributed by atoms with van der Waals surface area (Å²) in [7, 11) is 2.11. The van der Waals surface area contributed by atoms with Gasteiger partial charge in [0.15, 0.2) is 0 Å². The van der Waals surface area contributed by atoms with Crippen molar-refractivity contribution in [2.75, 3.05) is 25.5 Å². The first-order valence-corrected chi connectivity index (χ1v) is 9.04. The van der Waals surface area contributed by atoms with Gasteiger partial charge < -0.3 is 9.64 Å². The van der Waals surface area contributed by atoms with Crippen LogP contribution in [0, 0.1) is 12.7 Å². The molecule has 1 fully saturated rings. The van der Waals surface area contributed by atoms with Crippen molar-refractivity contribution in [1.29, 1.82) is 0 Å². The highest BCUT2D eigenvalue weighted by Gasteiger charge is 2.20. The van der Waals surface area contributed by atoms with Crippen LogP contribution < -0.4 is 5.32 Å². The van der Waals surface area contributed by atoms with Gasteiger partial charge >= 0.3 is 6.09 Å². The molecule has 2 aromatic rings. The molecule has 4 nitrogen and oxygen atoms in total. The van der Waals surface area contributed by atoms with Gasteiger partial charge in [0.2, 0.25) is 0 Å². The number of halogens is 1.